The first-order chi connectivity index (χ1) is 17.2. The third-order valence-corrected chi connectivity index (χ3v) is 6.90. The fourth-order valence-corrected chi connectivity index (χ4v) is 5.03. The molecule has 5 rings (SSSR count). The van der Waals surface area contributed by atoms with E-state index in [0.29, 0.717) is 30.0 Å². The van der Waals surface area contributed by atoms with Crippen LogP contribution in [0.1, 0.15) is 56.8 Å². The first-order valence-electron chi connectivity index (χ1n) is 11.5. The van der Waals surface area contributed by atoms with Gasteiger partial charge in [0.1, 0.15) is 17.1 Å². The van der Waals surface area contributed by atoms with Gasteiger partial charge in [-0.1, -0.05) is 0 Å². The molecule has 186 valence electrons. The summed E-state index contributed by atoms with van der Waals surface area (Å²) in [5.41, 5.74) is -0.448. The number of non-ortho nitro benzene ring substituents is 1. The van der Waals surface area contributed by atoms with Crippen LogP contribution in [0.4, 0.5) is 5.69 Å². The number of nitro benzene ring substituents is 1. The van der Waals surface area contributed by atoms with Crippen LogP contribution < -0.4 is 9.47 Å². The molecular weight excluding hydrogens is 470 g/mol. The Bertz CT molecular complexity index is 1320. The van der Waals surface area contributed by atoms with Crippen molar-refractivity contribution in [2.45, 2.75) is 31.3 Å². The number of rotatable bonds is 6. The van der Waals surface area contributed by atoms with Gasteiger partial charge in [-0.15, -0.1) is 0 Å². The zero-order chi connectivity index (χ0) is 25.6. The lowest BCUT2D eigenvalue weighted by molar-refractivity contribution is -0.384. The van der Waals surface area contributed by atoms with Gasteiger partial charge in [-0.05, 0) is 30.7 Å². The number of imide groups is 1. The van der Waals surface area contributed by atoms with Crippen LogP contribution in [0.3, 0.4) is 0 Å². The SMILES string of the molecule is COc1ccc2c(c1)C(=O)CC1(CCN(C(=O)CCCN3C(=O)c4ccc([N+](=O)[O-])cc4C3=O)C1)O2. The van der Waals surface area contributed by atoms with Gasteiger partial charge in [0.05, 0.1) is 41.7 Å². The van der Waals surface area contributed by atoms with Crippen molar-refractivity contribution in [2.24, 2.45) is 0 Å². The molecule has 2 aromatic rings. The Morgan fingerprint density at radius 1 is 1.11 bits per heavy atom. The summed E-state index contributed by atoms with van der Waals surface area (Å²) in [6.45, 7) is 0.739. The van der Waals surface area contributed by atoms with Crippen molar-refractivity contribution in [1.29, 1.82) is 0 Å². The molecule has 1 unspecified atom stereocenters. The number of amides is 3. The largest absolute Gasteiger partial charge is 0.497 e. The van der Waals surface area contributed by atoms with Crippen molar-refractivity contribution in [3.8, 4) is 11.5 Å². The monoisotopic (exact) mass is 493 g/mol. The van der Waals surface area contributed by atoms with E-state index in [0.717, 1.165) is 11.0 Å². The summed E-state index contributed by atoms with van der Waals surface area (Å²) in [5.74, 6) is -0.294. The molecule has 0 radical (unpaired) electrons. The van der Waals surface area contributed by atoms with Crippen molar-refractivity contribution in [1.82, 2.24) is 9.80 Å². The van der Waals surface area contributed by atoms with E-state index in [1.807, 2.05) is 0 Å². The molecule has 1 atom stereocenters. The molecule has 0 bridgehead atoms. The second-order valence-corrected chi connectivity index (χ2v) is 9.16. The number of carbonyl (C=O) groups is 4. The molecule has 0 N–H and O–H groups in total. The summed E-state index contributed by atoms with van der Waals surface area (Å²) in [5, 5.41) is 11.0. The van der Waals surface area contributed by atoms with E-state index >= 15 is 0 Å². The Balaban J connectivity index is 1.18. The van der Waals surface area contributed by atoms with Gasteiger partial charge in [-0.2, -0.15) is 0 Å². The number of ketones is 1. The zero-order valence-corrected chi connectivity index (χ0v) is 19.5. The van der Waals surface area contributed by atoms with Gasteiger partial charge < -0.3 is 14.4 Å². The number of carbonyl (C=O) groups excluding carboxylic acids is 4. The van der Waals surface area contributed by atoms with E-state index < -0.39 is 22.3 Å². The molecule has 1 spiro atoms. The molecule has 2 aromatic carbocycles. The lowest BCUT2D eigenvalue weighted by atomic mass is 9.89. The number of Topliss-reactive ketones (excluding diaryl/α,β-unsaturated/α-hetero) is 1. The van der Waals surface area contributed by atoms with Gasteiger partial charge in [-0.25, -0.2) is 0 Å². The average molecular weight is 493 g/mol. The Morgan fingerprint density at radius 2 is 1.89 bits per heavy atom. The fourth-order valence-electron chi connectivity index (χ4n) is 5.03. The molecule has 1 fully saturated rings. The van der Waals surface area contributed by atoms with Gasteiger partial charge in [0.2, 0.25) is 5.91 Å². The predicted molar refractivity (Wildman–Crippen MR) is 124 cm³/mol. The third kappa shape index (κ3) is 3.96. The van der Waals surface area contributed by atoms with E-state index in [1.54, 1.807) is 23.1 Å². The highest BCUT2D eigenvalue weighted by Crippen LogP contribution is 2.40. The van der Waals surface area contributed by atoms with Gasteiger partial charge in [-0.3, -0.25) is 34.2 Å². The first kappa shape index (κ1) is 23.5. The second-order valence-electron chi connectivity index (χ2n) is 9.16. The van der Waals surface area contributed by atoms with Gasteiger partial charge in [0.15, 0.2) is 5.78 Å². The van der Waals surface area contributed by atoms with Gasteiger partial charge in [0.25, 0.3) is 17.5 Å². The molecule has 11 heteroatoms. The number of hydrogen-bond acceptors (Lipinski definition) is 8. The second kappa shape index (κ2) is 8.74. The van der Waals surface area contributed by atoms with Crippen molar-refractivity contribution in [2.75, 3.05) is 26.7 Å². The van der Waals surface area contributed by atoms with Crippen LogP contribution in [0, 0.1) is 10.1 Å². The minimum atomic E-state index is -0.772. The molecule has 3 aliphatic heterocycles. The minimum absolute atomic E-state index is 0.000901. The van der Waals surface area contributed by atoms with Crippen LogP contribution in [-0.2, 0) is 4.79 Å². The highest BCUT2D eigenvalue weighted by atomic mass is 16.6. The average Bonchev–Trinajstić information content (AvgIpc) is 3.37. The van der Waals surface area contributed by atoms with Crippen LogP contribution in [0.5, 0.6) is 11.5 Å². The summed E-state index contributed by atoms with van der Waals surface area (Å²) >= 11 is 0. The number of benzene rings is 2. The molecular formula is C25H23N3O8. The van der Waals surface area contributed by atoms with Crippen LogP contribution in [0.25, 0.3) is 0 Å². The number of fused-ring (bicyclic) bond motifs is 2. The number of nitrogens with zero attached hydrogens (tertiary/aromatic N) is 3. The summed E-state index contributed by atoms with van der Waals surface area (Å²) in [7, 11) is 1.53. The van der Waals surface area contributed by atoms with Crippen LogP contribution in [-0.4, -0.2) is 70.6 Å². The molecule has 3 amide bonds. The highest BCUT2D eigenvalue weighted by Gasteiger charge is 2.47. The molecule has 36 heavy (non-hydrogen) atoms. The standard InChI is InChI=1S/C25H23N3O8/c1-35-16-5-7-21-19(12-16)20(29)13-25(36-21)8-10-26(14-25)22(30)3-2-9-27-23(31)17-6-4-15(28(33)34)11-18(17)24(27)32/h4-7,11-12H,2-3,8-10,13-14H2,1H3. The van der Waals surface area contributed by atoms with E-state index in [4.69, 9.17) is 9.47 Å². The molecule has 0 aliphatic carbocycles. The molecule has 0 aromatic heterocycles. The van der Waals surface area contributed by atoms with Gasteiger partial charge in [0, 0.05) is 38.1 Å². The van der Waals surface area contributed by atoms with E-state index in [1.165, 1.54) is 19.2 Å². The van der Waals surface area contributed by atoms with Crippen molar-refractivity contribution >= 4 is 29.2 Å². The van der Waals surface area contributed by atoms with Crippen molar-refractivity contribution < 1.29 is 33.6 Å². The molecule has 11 nitrogen and oxygen atoms in total. The molecule has 3 aliphatic rings. The number of hydrogen-bond donors (Lipinski definition) is 0. The number of nitro groups is 1. The summed E-state index contributed by atoms with van der Waals surface area (Å²) < 4.78 is 11.4. The van der Waals surface area contributed by atoms with E-state index in [2.05, 4.69) is 0 Å². The fraction of sp³-hybridized carbons (Fsp3) is 0.360. The zero-order valence-electron chi connectivity index (χ0n) is 19.5. The lowest BCUT2D eigenvalue weighted by Gasteiger charge is -2.34. The Morgan fingerprint density at radius 3 is 2.64 bits per heavy atom. The van der Waals surface area contributed by atoms with Crippen molar-refractivity contribution in [3.63, 3.8) is 0 Å². The maximum absolute atomic E-state index is 12.9. The molecule has 0 saturated carbocycles. The number of likely N-dealkylation sites (tertiary alicyclic amines) is 1. The third-order valence-electron chi connectivity index (χ3n) is 6.90. The normalized spacial score (nSPS) is 20.4. The maximum atomic E-state index is 12.9. The topological polar surface area (TPSA) is 136 Å². The Labute approximate surface area is 205 Å². The summed E-state index contributed by atoms with van der Waals surface area (Å²) in [4.78, 5) is 63.9. The van der Waals surface area contributed by atoms with E-state index in [-0.39, 0.29) is 60.9 Å². The van der Waals surface area contributed by atoms with Crippen molar-refractivity contribution in [3.05, 3.63) is 63.2 Å². The quantitative estimate of drug-likeness (QED) is 0.340. The van der Waals surface area contributed by atoms with Crippen LogP contribution >= 0.6 is 0 Å². The smallest absolute Gasteiger partial charge is 0.270 e. The summed E-state index contributed by atoms with van der Waals surface area (Å²) in [6, 6.07) is 8.65. The van der Waals surface area contributed by atoms with E-state index in [9.17, 15) is 29.3 Å². The number of methoxy groups -OCH3 is 1. The van der Waals surface area contributed by atoms with Crippen LogP contribution in [0.2, 0.25) is 0 Å². The molecule has 1 saturated heterocycles. The maximum Gasteiger partial charge on any atom is 0.270 e. The summed E-state index contributed by atoms with van der Waals surface area (Å²) in [6.07, 6.45) is 1.04. The highest BCUT2D eigenvalue weighted by molar-refractivity contribution is 6.21. The predicted octanol–water partition coefficient (Wildman–Crippen LogP) is 2.62. The Kier molecular flexibility index (Phi) is 5.70. The minimum Gasteiger partial charge on any atom is -0.497 e. The van der Waals surface area contributed by atoms with Crippen LogP contribution in [0.15, 0.2) is 36.4 Å². The molecule has 3 heterocycles. The first-order valence-corrected chi connectivity index (χ1v) is 11.5. The van der Waals surface area contributed by atoms with Gasteiger partial charge >= 0.3 is 0 Å². The Hall–Kier alpha value is -4.28. The number of ether oxygens (including phenoxy) is 2. The lowest BCUT2D eigenvalue weighted by Crippen LogP contribution is -2.45.